The molecular formula is C15H23N3O2. The number of H-pyrrole nitrogens is 1. The first-order chi connectivity index (χ1) is 9.60. The van der Waals surface area contributed by atoms with Crippen molar-refractivity contribution < 1.29 is 5.11 Å². The van der Waals surface area contributed by atoms with Crippen molar-refractivity contribution in [2.24, 2.45) is 5.92 Å². The van der Waals surface area contributed by atoms with E-state index < -0.39 is 0 Å². The van der Waals surface area contributed by atoms with Gasteiger partial charge in [0.25, 0.3) is 5.56 Å². The van der Waals surface area contributed by atoms with Crippen molar-refractivity contribution in [2.45, 2.75) is 56.9 Å². The van der Waals surface area contributed by atoms with Crippen molar-refractivity contribution in [3.63, 3.8) is 0 Å². The molecule has 0 unspecified atom stereocenters. The van der Waals surface area contributed by atoms with E-state index in [9.17, 15) is 9.90 Å². The minimum absolute atomic E-state index is 0.0902. The first-order valence-electron chi connectivity index (χ1n) is 7.60. The van der Waals surface area contributed by atoms with E-state index >= 15 is 0 Å². The van der Waals surface area contributed by atoms with Crippen molar-refractivity contribution in [3.8, 4) is 0 Å². The molecule has 2 aliphatic rings. The van der Waals surface area contributed by atoms with E-state index in [4.69, 9.17) is 0 Å². The van der Waals surface area contributed by atoms with E-state index in [1.165, 1.54) is 6.07 Å². The Balaban J connectivity index is 1.80. The number of aromatic nitrogens is 2. The van der Waals surface area contributed by atoms with Gasteiger partial charge in [0.1, 0.15) is 11.6 Å². The topological polar surface area (TPSA) is 78.0 Å². The zero-order chi connectivity index (χ0) is 14.2. The molecule has 3 N–H and O–H groups in total. The van der Waals surface area contributed by atoms with Crippen molar-refractivity contribution in [2.75, 3.05) is 11.9 Å². The Morgan fingerprint density at radius 2 is 2.10 bits per heavy atom. The Morgan fingerprint density at radius 1 is 1.40 bits per heavy atom. The van der Waals surface area contributed by atoms with E-state index in [1.54, 1.807) is 0 Å². The SMILES string of the molecule is CC1CCC(CO)(Nc2cc(=O)[nH]c(C3CC3)n2)CC1. The van der Waals surface area contributed by atoms with Crippen LogP contribution in [-0.4, -0.2) is 27.2 Å². The fourth-order valence-electron chi connectivity index (χ4n) is 3.00. The lowest BCUT2D eigenvalue weighted by Crippen LogP contribution is -2.45. The van der Waals surface area contributed by atoms with Gasteiger partial charge in [-0.05, 0) is 44.4 Å². The summed E-state index contributed by atoms with van der Waals surface area (Å²) >= 11 is 0. The summed E-state index contributed by atoms with van der Waals surface area (Å²) in [6, 6.07) is 1.50. The molecule has 0 atom stereocenters. The van der Waals surface area contributed by atoms with Crippen LogP contribution in [0.3, 0.4) is 0 Å². The first-order valence-corrected chi connectivity index (χ1v) is 7.60. The van der Waals surface area contributed by atoms with Crippen molar-refractivity contribution >= 4 is 5.82 Å². The maximum Gasteiger partial charge on any atom is 0.252 e. The molecule has 20 heavy (non-hydrogen) atoms. The number of aliphatic hydroxyl groups is 1. The summed E-state index contributed by atoms with van der Waals surface area (Å²) in [5, 5.41) is 13.1. The molecule has 3 rings (SSSR count). The predicted octanol–water partition coefficient (Wildman–Crippen LogP) is 2.00. The quantitative estimate of drug-likeness (QED) is 0.786. The molecule has 0 saturated heterocycles. The van der Waals surface area contributed by atoms with Gasteiger partial charge < -0.3 is 15.4 Å². The molecule has 0 radical (unpaired) electrons. The van der Waals surface area contributed by atoms with Crippen molar-refractivity contribution in [1.82, 2.24) is 9.97 Å². The number of hydrogen-bond acceptors (Lipinski definition) is 4. The van der Waals surface area contributed by atoms with E-state index in [2.05, 4.69) is 22.2 Å². The van der Waals surface area contributed by atoms with Crippen LogP contribution in [0.25, 0.3) is 0 Å². The smallest absolute Gasteiger partial charge is 0.252 e. The number of hydrogen-bond donors (Lipinski definition) is 3. The van der Waals surface area contributed by atoms with Gasteiger partial charge in [-0.1, -0.05) is 6.92 Å². The molecule has 0 amide bonds. The summed E-state index contributed by atoms with van der Waals surface area (Å²) in [7, 11) is 0. The van der Waals surface area contributed by atoms with Crippen molar-refractivity contribution in [3.05, 3.63) is 22.2 Å². The van der Waals surface area contributed by atoms with Crippen LogP contribution in [0.5, 0.6) is 0 Å². The van der Waals surface area contributed by atoms with Crippen LogP contribution < -0.4 is 10.9 Å². The van der Waals surface area contributed by atoms with Crippen LogP contribution in [0.2, 0.25) is 0 Å². The maximum absolute atomic E-state index is 11.7. The highest BCUT2D eigenvalue weighted by Gasteiger charge is 2.34. The summed E-state index contributed by atoms with van der Waals surface area (Å²) in [6.07, 6.45) is 6.28. The molecule has 5 nitrogen and oxygen atoms in total. The predicted molar refractivity (Wildman–Crippen MR) is 77.9 cm³/mol. The molecule has 1 heterocycles. The molecule has 0 spiro atoms. The summed E-state index contributed by atoms with van der Waals surface area (Å²) in [5.41, 5.74) is -0.421. The highest BCUT2D eigenvalue weighted by atomic mass is 16.3. The summed E-state index contributed by atoms with van der Waals surface area (Å²) in [6.45, 7) is 2.34. The van der Waals surface area contributed by atoms with Gasteiger partial charge >= 0.3 is 0 Å². The van der Waals surface area contributed by atoms with E-state index in [-0.39, 0.29) is 17.7 Å². The normalized spacial score (nSPS) is 30.2. The van der Waals surface area contributed by atoms with Gasteiger partial charge in [-0.3, -0.25) is 4.79 Å². The monoisotopic (exact) mass is 277 g/mol. The summed E-state index contributed by atoms with van der Waals surface area (Å²) in [4.78, 5) is 19.1. The van der Waals surface area contributed by atoms with Crippen LogP contribution in [0.15, 0.2) is 10.9 Å². The lowest BCUT2D eigenvalue weighted by Gasteiger charge is -2.39. The molecule has 2 fully saturated rings. The molecule has 5 heteroatoms. The van der Waals surface area contributed by atoms with Gasteiger partial charge in [0, 0.05) is 12.0 Å². The molecule has 110 valence electrons. The minimum atomic E-state index is -0.311. The zero-order valence-electron chi connectivity index (χ0n) is 12.0. The van der Waals surface area contributed by atoms with Crippen molar-refractivity contribution in [1.29, 1.82) is 0 Å². The lowest BCUT2D eigenvalue weighted by atomic mass is 9.77. The summed E-state index contributed by atoms with van der Waals surface area (Å²) in [5.74, 6) is 2.53. The molecule has 0 aliphatic heterocycles. The molecule has 2 saturated carbocycles. The standard InChI is InChI=1S/C15H23N3O2/c1-10-4-6-15(9-19,7-5-10)18-12-8-13(20)17-14(16-12)11-2-3-11/h8,10-11,19H,2-7,9H2,1H3,(H2,16,17,18,20). The summed E-state index contributed by atoms with van der Waals surface area (Å²) < 4.78 is 0. The van der Waals surface area contributed by atoms with Gasteiger partial charge in [-0.2, -0.15) is 0 Å². The average Bonchev–Trinajstić information content (AvgIpc) is 3.25. The number of aromatic amines is 1. The second-order valence-corrected chi connectivity index (χ2v) is 6.54. The lowest BCUT2D eigenvalue weighted by molar-refractivity contribution is 0.155. The number of nitrogens with zero attached hydrogens (tertiary/aromatic N) is 1. The van der Waals surface area contributed by atoms with Crippen LogP contribution in [0.1, 0.15) is 57.2 Å². The van der Waals surface area contributed by atoms with E-state index in [1.807, 2.05) is 0 Å². The number of rotatable bonds is 4. The van der Waals surface area contributed by atoms with Gasteiger partial charge in [0.2, 0.25) is 0 Å². The Morgan fingerprint density at radius 3 is 2.70 bits per heavy atom. The molecule has 2 aliphatic carbocycles. The average molecular weight is 277 g/mol. The van der Waals surface area contributed by atoms with Gasteiger partial charge in [-0.25, -0.2) is 4.98 Å². The fourth-order valence-corrected chi connectivity index (χ4v) is 3.00. The largest absolute Gasteiger partial charge is 0.394 e. The van der Waals surface area contributed by atoms with Gasteiger partial charge in [0.05, 0.1) is 12.1 Å². The van der Waals surface area contributed by atoms with E-state index in [0.717, 1.165) is 44.3 Å². The van der Waals surface area contributed by atoms with Crippen LogP contribution in [0.4, 0.5) is 5.82 Å². The van der Waals surface area contributed by atoms with Crippen LogP contribution in [0, 0.1) is 5.92 Å². The Bertz CT molecular complexity index is 528. The molecule has 1 aromatic heterocycles. The Hall–Kier alpha value is -1.36. The third-order valence-electron chi connectivity index (χ3n) is 4.65. The van der Waals surface area contributed by atoms with Crippen LogP contribution >= 0.6 is 0 Å². The molecule has 0 bridgehead atoms. The second-order valence-electron chi connectivity index (χ2n) is 6.54. The molecular weight excluding hydrogens is 254 g/mol. The first kappa shape index (κ1) is 13.6. The van der Waals surface area contributed by atoms with Crippen LogP contribution in [-0.2, 0) is 0 Å². The highest BCUT2D eigenvalue weighted by Crippen LogP contribution is 2.38. The minimum Gasteiger partial charge on any atom is -0.394 e. The number of nitrogens with one attached hydrogen (secondary N) is 2. The van der Waals surface area contributed by atoms with Gasteiger partial charge in [-0.15, -0.1) is 0 Å². The second kappa shape index (κ2) is 5.20. The Labute approximate surface area is 118 Å². The fraction of sp³-hybridized carbons (Fsp3) is 0.733. The number of anilines is 1. The zero-order valence-corrected chi connectivity index (χ0v) is 12.0. The molecule has 1 aromatic rings. The highest BCUT2D eigenvalue weighted by molar-refractivity contribution is 5.38. The van der Waals surface area contributed by atoms with E-state index in [0.29, 0.717) is 17.7 Å². The third-order valence-corrected chi connectivity index (χ3v) is 4.65. The van der Waals surface area contributed by atoms with Gasteiger partial charge in [0.15, 0.2) is 0 Å². The number of aliphatic hydroxyl groups excluding tert-OH is 1. The maximum atomic E-state index is 11.7. The third kappa shape index (κ3) is 2.87. The Kier molecular flexibility index (Phi) is 3.54. The molecule has 0 aromatic carbocycles.